The predicted octanol–water partition coefficient (Wildman–Crippen LogP) is 4.49. The summed E-state index contributed by atoms with van der Waals surface area (Å²) in [5, 5.41) is 12.1. The van der Waals surface area contributed by atoms with Gasteiger partial charge in [-0.3, -0.25) is 4.79 Å². The molecule has 0 unspecified atom stereocenters. The van der Waals surface area contributed by atoms with Crippen molar-refractivity contribution in [1.29, 1.82) is 0 Å². The summed E-state index contributed by atoms with van der Waals surface area (Å²) in [6.45, 7) is 2.88. The standard InChI is InChI=1S/C14H16BrN3OS2/c1-2-16-13-17-18-14(21-13)20-9-3-4-12(19)10-5-7-11(15)8-6-10/h5-8H,2-4,9H2,1H3,(H,16,17). The summed E-state index contributed by atoms with van der Waals surface area (Å²) in [5.41, 5.74) is 0.772. The molecule has 0 saturated carbocycles. The molecule has 0 radical (unpaired) electrons. The zero-order valence-corrected chi connectivity index (χ0v) is 14.9. The van der Waals surface area contributed by atoms with E-state index in [0.717, 1.165) is 38.2 Å². The van der Waals surface area contributed by atoms with Crippen molar-refractivity contribution in [2.75, 3.05) is 17.6 Å². The zero-order chi connectivity index (χ0) is 15.1. The maximum Gasteiger partial charge on any atom is 0.206 e. The van der Waals surface area contributed by atoms with Crippen molar-refractivity contribution >= 4 is 49.9 Å². The summed E-state index contributed by atoms with van der Waals surface area (Å²) in [4.78, 5) is 12.0. The molecule has 2 aromatic rings. The molecule has 0 saturated heterocycles. The van der Waals surface area contributed by atoms with E-state index in [1.54, 1.807) is 23.1 Å². The number of carbonyl (C=O) groups excluding carboxylic acids is 1. The van der Waals surface area contributed by atoms with Crippen LogP contribution in [0.1, 0.15) is 30.1 Å². The molecule has 0 amide bonds. The fraction of sp³-hybridized carbons (Fsp3) is 0.357. The topological polar surface area (TPSA) is 54.9 Å². The van der Waals surface area contributed by atoms with Crippen LogP contribution in [0.4, 0.5) is 5.13 Å². The summed E-state index contributed by atoms with van der Waals surface area (Å²) in [6, 6.07) is 7.50. The molecule has 2 rings (SSSR count). The van der Waals surface area contributed by atoms with Crippen LogP contribution in [0.5, 0.6) is 0 Å². The van der Waals surface area contributed by atoms with Gasteiger partial charge in [-0.05, 0) is 25.5 Å². The summed E-state index contributed by atoms with van der Waals surface area (Å²) in [7, 11) is 0. The van der Waals surface area contributed by atoms with E-state index in [1.807, 2.05) is 31.2 Å². The number of ketones is 1. The van der Waals surface area contributed by atoms with Crippen LogP contribution in [-0.4, -0.2) is 28.3 Å². The Bertz CT molecular complexity index is 586. The molecule has 7 heteroatoms. The Hall–Kier alpha value is -0.920. The molecular formula is C14H16BrN3OS2. The molecule has 1 N–H and O–H groups in total. The number of anilines is 1. The van der Waals surface area contributed by atoms with E-state index in [9.17, 15) is 4.79 Å². The zero-order valence-electron chi connectivity index (χ0n) is 11.6. The molecule has 0 aliphatic heterocycles. The third-order valence-corrected chi connectivity index (χ3v) is 5.30. The number of benzene rings is 1. The number of hydrogen-bond acceptors (Lipinski definition) is 6. The minimum Gasteiger partial charge on any atom is -0.360 e. The van der Waals surface area contributed by atoms with E-state index in [2.05, 4.69) is 31.4 Å². The van der Waals surface area contributed by atoms with Gasteiger partial charge in [-0.2, -0.15) is 0 Å². The summed E-state index contributed by atoms with van der Waals surface area (Å²) in [5.74, 6) is 1.07. The number of hydrogen-bond donors (Lipinski definition) is 1. The van der Waals surface area contributed by atoms with Crippen molar-refractivity contribution < 1.29 is 4.79 Å². The number of aromatic nitrogens is 2. The molecule has 112 valence electrons. The van der Waals surface area contributed by atoms with Crippen LogP contribution in [0.15, 0.2) is 33.1 Å². The van der Waals surface area contributed by atoms with E-state index >= 15 is 0 Å². The SMILES string of the molecule is CCNc1nnc(SCCCC(=O)c2ccc(Br)cc2)s1. The second-order valence-corrected chi connectivity index (χ2v) is 7.52. The highest BCUT2D eigenvalue weighted by Gasteiger charge is 2.07. The number of rotatable bonds is 8. The second kappa shape index (κ2) is 8.51. The largest absolute Gasteiger partial charge is 0.360 e. The number of Topliss-reactive ketones (excluding diaryl/α,β-unsaturated/α-hetero) is 1. The number of carbonyl (C=O) groups is 1. The number of nitrogens with one attached hydrogen (secondary N) is 1. The van der Waals surface area contributed by atoms with E-state index in [0.29, 0.717) is 6.42 Å². The molecule has 1 aromatic heterocycles. The van der Waals surface area contributed by atoms with Gasteiger partial charge < -0.3 is 5.32 Å². The average molecular weight is 386 g/mol. The van der Waals surface area contributed by atoms with Crippen LogP contribution in [0, 0.1) is 0 Å². The van der Waals surface area contributed by atoms with Crippen molar-refractivity contribution in [3.63, 3.8) is 0 Å². The first-order valence-electron chi connectivity index (χ1n) is 6.68. The fourth-order valence-electron chi connectivity index (χ4n) is 1.66. The van der Waals surface area contributed by atoms with E-state index in [4.69, 9.17) is 0 Å². The number of halogens is 1. The number of thioether (sulfide) groups is 1. The van der Waals surface area contributed by atoms with Crippen molar-refractivity contribution in [3.05, 3.63) is 34.3 Å². The van der Waals surface area contributed by atoms with E-state index in [-0.39, 0.29) is 5.78 Å². The third kappa shape index (κ3) is 5.41. The predicted molar refractivity (Wildman–Crippen MR) is 92.5 cm³/mol. The lowest BCUT2D eigenvalue weighted by Crippen LogP contribution is -1.99. The van der Waals surface area contributed by atoms with Gasteiger partial charge in [-0.1, -0.05) is 51.2 Å². The van der Waals surface area contributed by atoms with Crippen LogP contribution >= 0.6 is 39.0 Å². The van der Waals surface area contributed by atoms with Crippen molar-refractivity contribution in [2.24, 2.45) is 0 Å². The quantitative estimate of drug-likeness (QED) is 0.412. The Morgan fingerprint density at radius 3 is 2.81 bits per heavy atom. The summed E-state index contributed by atoms with van der Waals surface area (Å²) >= 11 is 6.57. The van der Waals surface area contributed by atoms with Gasteiger partial charge in [0, 0.05) is 28.8 Å². The number of nitrogens with zero attached hydrogens (tertiary/aromatic N) is 2. The van der Waals surface area contributed by atoms with Crippen molar-refractivity contribution in [1.82, 2.24) is 10.2 Å². The van der Waals surface area contributed by atoms with Crippen LogP contribution in [0.2, 0.25) is 0 Å². The highest BCUT2D eigenvalue weighted by molar-refractivity contribution is 9.10. The molecule has 0 atom stereocenters. The molecular weight excluding hydrogens is 370 g/mol. The Morgan fingerprint density at radius 2 is 2.10 bits per heavy atom. The average Bonchev–Trinajstić information content (AvgIpc) is 2.92. The lowest BCUT2D eigenvalue weighted by molar-refractivity contribution is 0.0982. The minimum absolute atomic E-state index is 0.189. The fourth-order valence-corrected chi connectivity index (χ4v) is 3.76. The Labute approximate surface area is 140 Å². The summed E-state index contributed by atoms with van der Waals surface area (Å²) in [6.07, 6.45) is 1.41. The molecule has 21 heavy (non-hydrogen) atoms. The van der Waals surface area contributed by atoms with Crippen LogP contribution in [0.3, 0.4) is 0 Å². The smallest absolute Gasteiger partial charge is 0.206 e. The van der Waals surface area contributed by atoms with Gasteiger partial charge in [0.1, 0.15) is 0 Å². The molecule has 0 aliphatic carbocycles. The van der Waals surface area contributed by atoms with Gasteiger partial charge in [-0.15, -0.1) is 10.2 Å². The highest BCUT2D eigenvalue weighted by Crippen LogP contribution is 2.26. The first kappa shape index (κ1) is 16.5. The van der Waals surface area contributed by atoms with Gasteiger partial charge in [0.25, 0.3) is 0 Å². The normalized spacial score (nSPS) is 10.6. The monoisotopic (exact) mass is 385 g/mol. The minimum atomic E-state index is 0.189. The highest BCUT2D eigenvalue weighted by atomic mass is 79.9. The first-order chi connectivity index (χ1) is 10.2. The Kier molecular flexibility index (Phi) is 6.66. The lowest BCUT2D eigenvalue weighted by Gasteiger charge is -2.00. The van der Waals surface area contributed by atoms with Gasteiger partial charge >= 0.3 is 0 Å². The van der Waals surface area contributed by atoms with Gasteiger partial charge in [-0.25, -0.2) is 0 Å². The van der Waals surface area contributed by atoms with Gasteiger partial charge in [0.2, 0.25) is 5.13 Å². The Morgan fingerprint density at radius 1 is 1.33 bits per heavy atom. The van der Waals surface area contributed by atoms with Crippen molar-refractivity contribution in [3.8, 4) is 0 Å². The maximum absolute atomic E-state index is 12.0. The third-order valence-electron chi connectivity index (χ3n) is 2.67. The molecule has 0 aliphatic rings. The molecule has 1 heterocycles. The van der Waals surface area contributed by atoms with E-state index < -0.39 is 0 Å². The molecule has 4 nitrogen and oxygen atoms in total. The first-order valence-corrected chi connectivity index (χ1v) is 9.27. The van der Waals surface area contributed by atoms with Gasteiger partial charge in [0.15, 0.2) is 10.1 Å². The molecule has 0 spiro atoms. The van der Waals surface area contributed by atoms with Crippen LogP contribution in [-0.2, 0) is 0 Å². The molecule has 1 aromatic carbocycles. The Balaban J connectivity index is 1.71. The molecule has 0 bridgehead atoms. The maximum atomic E-state index is 12.0. The second-order valence-electron chi connectivity index (χ2n) is 4.29. The van der Waals surface area contributed by atoms with Crippen LogP contribution < -0.4 is 5.32 Å². The van der Waals surface area contributed by atoms with Gasteiger partial charge in [0.05, 0.1) is 0 Å². The molecule has 0 fully saturated rings. The summed E-state index contributed by atoms with van der Waals surface area (Å²) < 4.78 is 1.93. The van der Waals surface area contributed by atoms with E-state index in [1.165, 1.54) is 0 Å². The lowest BCUT2D eigenvalue weighted by atomic mass is 10.1. The van der Waals surface area contributed by atoms with Crippen molar-refractivity contribution in [2.45, 2.75) is 24.1 Å². The van der Waals surface area contributed by atoms with Crippen LogP contribution in [0.25, 0.3) is 0 Å².